The van der Waals surface area contributed by atoms with Gasteiger partial charge >= 0.3 is 0 Å². The van der Waals surface area contributed by atoms with Gasteiger partial charge in [-0.15, -0.1) is 0 Å². The van der Waals surface area contributed by atoms with Gasteiger partial charge in [0.15, 0.2) is 6.10 Å². The number of nitrogens with zero attached hydrogens (tertiary/aromatic N) is 1. The van der Waals surface area contributed by atoms with Gasteiger partial charge in [-0.3, -0.25) is 4.79 Å². The minimum absolute atomic E-state index is 0.163. The van der Waals surface area contributed by atoms with Crippen molar-refractivity contribution < 1.29 is 14.3 Å². The van der Waals surface area contributed by atoms with Gasteiger partial charge in [0.2, 0.25) is 0 Å². The summed E-state index contributed by atoms with van der Waals surface area (Å²) in [6.07, 6.45) is -0.574. The van der Waals surface area contributed by atoms with Crippen molar-refractivity contribution in [3.63, 3.8) is 0 Å². The van der Waals surface area contributed by atoms with Crippen LogP contribution in [0.25, 0.3) is 0 Å². The average Bonchev–Trinajstić information content (AvgIpc) is 2.65. The molecule has 1 aliphatic rings. The first-order valence-electron chi connectivity index (χ1n) is 9.00. The van der Waals surface area contributed by atoms with Crippen molar-refractivity contribution in [1.82, 2.24) is 0 Å². The lowest BCUT2D eigenvalue weighted by Crippen LogP contribution is -2.36. The summed E-state index contributed by atoms with van der Waals surface area (Å²) in [6, 6.07) is 13.8. The molecular formula is C21H26N2O3. The summed E-state index contributed by atoms with van der Waals surface area (Å²) in [6.45, 7) is 9.08. The number of hydrogen-bond acceptors (Lipinski definition) is 4. The lowest BCUT2D eigenvalue weighted by Gasteiger charge is -2.29. The molecule has 3 rings (SSSR count). The Bertz CT molecular complexity index is 752. The van der Waals surface area contributed by atoms with Crippen molar-refractivity contribution >= 4 is 17.3 Å². The van der Waals surface area contributed by atoms with E-state index < -0.39 is 6.10 Å². The Hall–Kier alpha value is -2.53. The minimum atomic E-state index is -0.574. The zero-order valence-electron chi connectivity index (χ0n) is 15.6. The average molecular weight is 354 g/mol. The number of amides is 1. The molecule has 0 bridgehead atoms. The second kappa shape index (κ2) is 8.23. The highest BCUT2D eigenvalue weighted by molar-refractivity contribution is 5.94. The molecule has 1 fully saturated rings. The van der Waals surface area contributed by atoms with Gasteiger partial charge in [-0.05, 0) is 56.7 Å². The molecule has 2 aromatic carbocycles. The van der Waals surface area contributed by atoms with Crippen molar-refractivity contribution in [2.45, 2.75) is 26.9 Å². The van der Waals surface area contributed by atoms with Crippen LogP contribution >= 0.6 is 0 Å². The first-order chi connectivity index (χ1) is 12.5. The maximum absolute atomic E-state index is 12.4. The van der Waals surface area contributed by atoms with Crippen LogP contribution in [0.1, 0.15) is 18.1 Å². The van der Waals surface area contributed by atoms with E-state index in [2.05, 4.69) is 10.2 Å². The highest BCUT2D eigenvalue weighted by Crippen LogP contribution is 2.22. The molecule has 1 N–H and O–H groups in total. The number of morpholine rings is 1. The molecular weight excluding hydrogens is 328 g/mol. The van der Waals surface area contributed by atoms with Gasteiger partial charge in [0, 0.05) is 24.5 Å². The van der Waals surface area contributed by atoms with Crippen LogP contribution in [0.2, 0.25) is 0 Å². The number of nitrogens with one attached hydrogen (secondary N) is 1. The number of rotatable bonds is 5. The molecule has 1 atom stereocenters. The monoisotopic (exact) mass is 354 g/mol. The van der Waals surface area contributed by atoms with Crippen LogP contribution in [0, 0.1) is 13.8 Å². The highest BCUT2D eigenvalue weighted by Gasteiger charge is 2.16. The molecule has 1 heterocycles. The molecule has 1 amide bonds. The molecule has 5 nitrogen and oxygen atoms in total. The molecule has 0 spiro atoms. The van der Waals surface area contributed by atoms with Gasteiger partial charge in [0.25, 0.3) is 5.91 Å². The Kier molecular flexibility index (Phi) is 5.78. The summed E-state index contributed by atoms with van der Waals surface area (Å²) in [5, 5.41) is 2.92. The zero-order valence-corrected chi connectivity index (χ0v) is 15.6. The van der Waals surface area contributed by atoms with Crippen LogP contribution in [0.15, 0.2) is 42.5 Å². The first kappa shape index (κ1) is 18.3. The number of carbonyl (C=O) groups excluding carboxylic acids is 1. The molecule has 1 aliphatic heterocycles. The quantitative estimate of drug-likeness (QED) is 0.892. The fraction of sp³-hybridized carbons (Fsp3) is 0.381. The molecule has 138 valence electrons. The number of benzene rings is 2. The van der Waals surface area contributed by atoms with Crippen LogP contribution < -0.4 is 15.0 Å². The number of hydrogen-bond donors (Lipinski definition) is 1. The second-order valence-electron chi connectivity index (χ2n) is 6.66. The first-order valence-corrected chi connectivity index (χ1v) is 9.00. The van der Waals surface area contributed by atoms with Crippen LogP contribution in [-0.4, -0.2) is 38.3 Å². The van der Waals surface area contributed by atoms with Crippen molar-refractivity contribution in [3.8, 4) is 5.75 Å². The Morgan fingerprint density at radius 1 is 1.12 bits per heavy atom. The zero-order chi connectivity index (χ0) is 18.5. The predicted octanol–water partition coefficient (Wildman–Crippen LogP) is 3.55. The minimum Gasteiger partial charge on any atom is -0.481 e. The molecule has 5 heteroatoms. The number of anilines is 2. The molecule has 0 aliphatic carbocycles. The summed E-state index contributed by atoms with van der Waals surface area (Å²) in [5.74, 6) is 0.574. The Morgan fingerprint density at radius 3 is 2.46 bits per heavy atom. The van der Waals surface area contributed by atoms with Gasteiger partial charge in [-0.1, -0.05) is 17.7 Å². The smallest absolute Gasteiger partial charge is 0.265 e. The van der Waals surface area contributed by atoms with Crippen molar-refractivity contribution in [3.05, 3.63) is 53.6 Å². The van der Waals surface area contributed by atoms with Gasteiger partial charge in [-0.25, -0.2) is 0 Å². The Morgan fingerprint density at radius 2 is 1.81 bits per heavy atom. The van der Waals surface area contributed by atoms with E-state index in [1.807, 2.05) is 56.3 Å². The Labute approximate surface area is 154 Å². The van der Waals surface area contributed by atoms with E-state index in [0.29, 0.717) is 0 Å². The van der Waals surface area contributed by atoms with E-state index in [1.165, 1.54) is 5.56 Å². The van der Waals surface area contributed by atoms with E-state index in [4.69, 9.17) is 9.47 Å². The molecule has 26 heavy (non-hydrogen) atoms. The summed E-state index contributed by atoms with van der Waals surface area (Å²) < 4.78 is 11.2. The third-order valence-electron chi connectivity index (χ3n) is 4.51. The fourth-order valence-electron chi connectivity index (χ4n) is 3.00. The van der Waals surface area contributed by atoms with Gasteiger partial charge in [0.05, 0.1) is 13.2 Å². The van der Waals surface area contributed by atoms with E-state index in [9.17, 15) is 4.79 Å². The van der Waals surface area contributed by atoms with Crippen LogP contribution in [0.5, 0.6) is 5.75 Å². The molecule has 0 saturated carbocycles. The van der Waals surface area contributed by atoms with E-state index in [-0.39, 0.29) is 5.91 Å². The van der Waals surface area contributed by atoms with Crippen LogP contribution in [0.3, 0.4) is 0 Å². The normalized spacial score (nSPS) is 15.4. The maximum Gasteiger partial charge on any atom is 0.265 e. The fourth-order valence-corrected chi connectivity index (χ4v) is 3.00. The third kappa shape index (κ3) is 4.55. The number of ether oxygens (including phenoxy) is 2. The summed E-state index contributed by atoms with van der Waals surface area (Å²) in [5.41, 5.74) is 4.11. The van der Waals surface area contributed by atoms with Gasteiger partial charge < -0.3 is 19.7 Å². The SMILES string of the molecule is Cc1ccc(O[C@H](C)C(=O)Nc2ccc(N3CCOCC3)cc2)c(C)c1. The maximum atomic E-state index is 12.4. The Balaban J connectivity index is 1.58. The molecule has 1 saturated heterocycles. The third-order valence-corrected chi connectivity index (χ3v) is 4.51. The van der Waals surface area contributed by atoms with Gasteiger partial charge in [-0.2, -0.15) is 0 Å². The molecule has 2 aromatic rings. The van der Waals surface area contributed by atoms with Crippen LogP contribution in [0.4, 0.5) is 11.4 Å². The van der Waals surface area contributed by atoms with Crippen molar-refractivity contribution in [2.75, 3.05) is 36.5 Å². The molecule has 0 aromatic heterocycles. The lowest BCUT2D eigenvalue weighted by molar-refractivity contribution is -0.122. The van der Waals surface area contributed by atoms with Crippen molar-refractivity contribution in [2.24, 2.45) is 0 Å². The summed E-state index contributed by atoms with van der Waals surface area (Å²) in [7, 11) is 0. The highest BCUT2D eigenvalue weighted by atomic mass is 16.5. The largest absolute Gasteiger partial charge is 0.481 e. The topological polar surface area (TPSA) is 50.8 Å². The predicted molar refractivity (Wildman–Crippen MR) is 104 cm³/mol. The number of carbonyl (C=O) groups is 1. The molecule has 0 unspecified atom stereocenters. The lowest BCUT2D eigenvalue weighted by atomic mass is 10.1. The van der Waals surface area contributed by atoms with Crippen LogP contribution in [-0.2, 0) is 9.53 Å². The summed E-state index contributed by atoms with van der Waals surface area (Å²) in [4.78, 5) is 14.7. The molecule has 0 radical (unpaired) electrons. The van der Waals surface area contributed by atoms with E-state index in [0.717, 1.165) is 49.0 Å². The van der Waals surface area contributed by atoms with E-state index in [1.54, 1.807) is 6.92 Å². The second-order valence-corrected chi connectivity index (χ2v) is 6.66. The number of aryl methyl sites for hydroxylation is 2. The standard InChI is InChI=1S/C21H26N2O3/c1-15-4-9-20(16(2)14-15)26-17(3)21(24)22-18-5-7-19(8-6-18)23-10-12-25-13-11-23/h4-9,14,17H,10-13H2,1-3H3,(H,22,24)/t17-/m1/s1. The van der Waals surface area contributed by atoms with Gasteiger partial charge in [0.1, 0.15) is 5.75 Å². The van der Waals surface area contributed by atoms with E-state index >= 15 is 0 Å². The van der Waals surface area contributed by atoms with Crippen molar-refractivity contribution in [1.29, 1.82) is 0 Å². The summed E-state index contributed by atoms with van der Waals surface area (Å²) >= 11 is 0.